The molecule has 2 aromatic carbocycles. The lowest BCUT2D eigenvalue weighted by Crippen LogP contribution is -2.35. The highest BCUT2D eigenvalue weighted by atomic mass is 32.2. The minimum absolute atomic E-state index is 0.0147. The molecule has 1 amide bonds. The van der Waals surface area contributed by atoms with E-state index in [1.807, 2.05) is 49.4 Å². The highest BCUT2D eigenvalue weighted by molar-refractivity contribution is 7.89. The third-order valence-corrected chi connectivity index (χ3v) is 5.33. The van der Waals surface area contributed by atoms with Crippen LogP contribution in [0.15, 0.2) is 54.6 Å². The van der Waals surface area contributed by atoms with E-state index in [4.69, 9.17) is 0 Å². The molecule has 3 aromatic rings. The number of nitrogens with one attached hydrogen (secondary N) is 1. The molecule has 1 aromatic heterocycles. The first-order valence-corrected chi connectivity index (χ1v) is 11.3. The van der Waals surface area contributed by atoms with Crippen LogP contribution >= 0.6 is 0 Å². The maximum Gasteiger partial charge on any atom is 0.240 e. The van der Waals surface area contributed by atoms with Crippen molar-refractivity contribution < 1.29 is 13.2 Å². The van der Waals surface area contributed by atoms with Crippen LogP contribution in [0.2, 0.25) is 0 Å². The molecule has 1 N–H and O–H groups in total. The molecule has 0 aliphatic carbocycles. The molecule has 0 saturated heterocycles. The fourth-order valence-electron chi connectivity index (χ4n) is 3.21. The second kappa shape index (κ2) is 8.56. The zero-order chi connectivity index (χ0) is 20.1. The summed E-state index contributed by atoms with van der Waals surface area (Å²) in [5, 5.41) is 3.01. The summed E-state index contributed by atoms with van der Waals surface area (Å²) in [6.45, 7) is 2.02. The van der Waals surface area contributed by atoms with Crippen LogP contribution in [-0.2, 0) is 33.4 Å². The van der Waals surface area contributed by atoms with E-state index >= 15 is 0 Å². The molecule has 148 valence electrons. The van der Waals surface area contributed by atoms with Gasteiger partial charge in [-0.1, -0.05) is 42.5 Å². The Kier molecular flexibility index (Phi) is 6.14. The topological polar surface area (TPSA) is 81.1 Å². The Morgan fingerprint density at radius 2 is 1.79 bits per heavy atom. The third kappa shape index (κ3) is 5.42. The molecular formula is C21H25N3O3S. The lowest BCUT2D eigenvalue weighted by molar-refractivity contribution is -0.122. The van der Waals surface area contributed by atoms with Crippen molar-refractivity contribution in [3.05, 3.63) is 66.0 Å². The number of carbonyl (C=O) groups excluding carboxylic acids is 1. The molecule has 0 spiro atoms. The van der Waals surface area contributed by atoms with Crippen LogP contribution in [0, 0.1) is 0 Å². The van der Waals surface area contributed by atoms with Crippen molar-refractivity contribution in [3.8, 4) is 0 Å². The number of fused-ring (bicyclic) bond motifs is 1. The summed E-state index contributed by atoms with van der Waals surface area (Å²) >= 11 is 0. The van der Waals surface area contributed by atoms with Gasteiger partial charge in [-0.3, -0.25) is 4.79 Å². The largest absolute Gasteiger partial charge is 0.352 e. The van der Waals surface area contributed by atoms with Gasteiger partial charge in [0.05, 0.1) is 11.0 Å². The third-order valence-electron chi connectivity index (χ3n) is 4.54. The molecule has 0 bridgehead atoms. The molecule has 0 aliphatic rings. The number of para-hydroxylation sites is 2. The zero-order valence-electron chi connectivity index (χ0n) is 16.1. The number of aromatic nitrogens is 2. The van der Waals surface area contributed by atoms with Crippen LogP contribution < -0.4 is 5.32 Å². The number of benzene rings is 2. The molecule has 28 heavy (non-hydrogen) atoms. The molecule has 0 saturated carbocycles. The van der Waals surface area contributed by atoms with Gasteiger partial charge in [0, 0.05) is 12.3 Å². The highest BCUT2D eigenvalue weighted by Gasteiger charge is 2.18. The molecule has 0 radical (unpaired) electrons. The van der Waals surface area contributed by atoms with Crippen molar-refractivity contribution in [2.24, 2.45) is 0 Å². The summed E-state index contributed by atoms with van der Waals surface area (Å²) in [7, 11) is -3.26. The Labute approximate surface area is 165 Å². The molecule has 1 atom stereocenters. The van der Waals surface area contributed by atoms with Crippen molar-refractivity contribution >= 4 is 26.8 Å². The van der Waals surface area contributed by atoms with Crippen LogP contribution in [0.3, 0.4) is 0 Å². The smallest absolute Gasteiger partial charge is 0.240 e. The van der Waals surface area contributed by atoms with Crippen LogP contribution in [0.4, 0.5) is 0 Å². The number of amides is 1. The van der Waals surface area contributed by atoms with Crippen molar-refractivity contribution in [3.63, 3.8) is 0 Å². The fourth-order valence-corrected chi connectivity index (χ4v) is 3.90. The van der Waals surface area contributed by atoms with Crippen molar-refractivity contribution in [2.45, 2.75) is 38.1 Å². The lowest BCUT2D eigenvalue weighted by atomic mass is 10.1. The minimum Gasteiger partial charge on any atom is -0.352 e. The summed E-state index contributed by atoms with van der Waals surface area (Å²) in [4.78, 5) is 17.0. The fraction of sp³-hybridized carbons (Fsp3) is 0.333. The van der Waals surface area contributed by atoms with Gasteiger partial charge in [0.1, 0.15) is 18.1 Å². The second-order valence-electron chi connectivity index (χ2n) is 7.17. The Morgan fingerprint density at radius 1 is 1.11 bits per heavy atom. The van der Waals surface area contributed by atoms with Crippen LogP contribution in [0.25, 0.3) is 11.0 Å². The molecular weight excluding hydrogens is 374 g/mol. The highest BCUT2D eigenvalue weighted by Crippen LogP contribution is 2.17. The first kappa shape index (κ1) is 20.1. The number of hydrogen-bond donors (Lipinski definition) is 1. The average Bonchev–Trinajstić information content (AvgIpc) is 2.96. The van der Waals surface area contributed by atoms with Gasteiger partial charge in [-0.2, -0.15) is 0 Å². The van der Waals surface area contributed by atoms with Gasteiger partial charge >= 0.3 is 0 Å². The summed E-state index contributed by atoms with van der Waals surface area (Å²) in [5.74, 6) is 0.0349. The van der Waals surface area contributed by atoms with Gasteiger partial charge in [0.25, 0.3) is 0 Å². The van der Waals surface area contributed by atoms with Crippen molar-refractivity contribution in [1.82, 2.24) is 14.9 Å². The van der Waals surface area contributed by atoms with Gasteiger partial charge in [0.2, 0.25) is 5.91 Å². The van der Waals surface area contributed by atoms with E-state index in [1.165, 1.54) is 11.8 Å². The molecule has 0 fully saturated rings. The van der Waals surface area contributed by atoms with E-state index in [0.717, 1.165) is 18.4 Å². The van der Waals surface area contributed by atoms with Gasteiger partial charge in [-0.15, -0.1) is 0 Å². The number of nitrogens with zero attached hydrogens (tertiary/aromatic N) is 2. The minimum atomic E-state index is -3.26. The van der Waals surface area contributed by atoms with E-state index in [0.29, 0.717) is 11.3 Å². The van der Waals surface area contributed by atoms with E-state index < -0.39 is 9.84 Å². The van der Waals surface area contributed by atoms with E-state index in [1.54, 1.807) is 4.57 Å². The van der Waals surface area contributed by atoms with Crippen molar-refractivity contribution in [1.29, 1.82) is 0 Å². The quantitative estimate of drug-likeness (QED) is 0.631. The normalized spacial score (nSPS) is 12.8. The number of sulfone groups is 1. The maximum atomic E-state index is 12.6. The van der Waals surface area contributed by atoms with E-state index in [-0.39, 0.29) is 24.2 Å². The van der Waals surface area contributed by atoms with Crippen molar-refractivity contribution in [2.75, 3.05) is 6.26 Å². The summed E-state index contributed by atoms with van der Waals surface area (Å²) in [6.07, 6.45) is 2.88. The SMILES string of the molecule is CC(CCc1ccccc1)NC(=O)Cn1c(CS(C)(=O)=O)nc2ccccc21. The number of rotatable bonds is 8. The van der Waals surface area contributed by atoms with Gasteiger partial charge in [0.15, 0.2) is 9.84 Å². The maximum absolute atomic E-state index is 12.6. The molecule has 7 heteroatoms. The average molecular weight is 400 g/mol. The van der Waals surface area contributed by atoms with Gasteiger partial charge in [-0.25, -0.2) is 13.4 Å². The Bertz CT molecular complexity index is 1060. The molecule has 3 rings (SSSR count). The van der Waals surface area contributed by atoms with Gasteiger partial charge < -0.3 is 9.88 Å². The Morgan fingerprint density at radius 3 is 2.50 bits per heavy atom. The Hall–Kier alpha value is -2.67. The first-order valence-electron chi connectivity index (χ1n) is 9.27. The first-order chi connectivity index (χ1) is 13.3. The van der Waals surface area contributed by atoms with E-state index in [9.17, 15) is 13.2 Å². The van der Waals surface area contributed by atoms with Crippen LogP contribution in [0.5, 0.6) is 0 Å². The molecule has 1 heterocycles. The molecule has 1 unspecified atom stereocenters. The van der Waals surface area contributed by atoms with Crippen LogP contribution in [-0.4, -0.2) is 36.2 Å². The van der Waals surface area contributed by atoms with E-state index in [2.05, 4.69) is 22.4 Å². The Balaban J connectivity index is 1.69. The lowest BCUT2D eigenvalue weighted by Gasteiger charge is -2.15. The summed E-state index contributed by atoms with van der Waals surface area (Å²) in [6, 6.07) is 17.5. The zero-order valence-corrected chi connectivity index (χ0v) is 16.9. The molecule has 0 aliphatic heterocycles. The van der Waals surface area contributed by atoms with Gasteiger partial charge in [-0.05, 0) is 37.5 Å². The summed E-state index contributed by atoms with van der Waals surface area (Å²) in [5.41, 5.74) is 2.68. The van der Waals surface area contributed by atoms with Crippen LogP contribution in [0.1, 0.15) is 24.7 Å². The standard InChI is InChI=1S/C21H25N3O3S/c1-16(12-13-17-8-4-3-5-9-17)22-21(25)14-24-19-11-7-6-10-18(19)23-20(24)15-28(2,26)27/h3-11,16H,12-15H2,1-2H3,(H,22,25). The number of carbonyl (C=O) groups is 1. The predicted octanol–water partition coefficient (Wildman–Crippen LogP) is 2.72. The molecule has 6 nitrogen and oxygen atoms in total. The number of aryl methyl sites for hydroxylation is 1. The monoisotopic (exact) mass is 399 g/mol. The number of imidazole rings is 1. The second-order valence-corrected chi connectivity index (χ2v) is 9.31. The number of hydrogen-bond acceptors (Lipinski definition) is 4. The summed E-state index contributed by atoms with van der Waals surface area (Å²) < 4.78 is 25.2. The predicted molar refractivity (Wildman–Crippen MR) is 111 cm³/mol.